The average Bonchev–Trinajstić information content (AvgIpc) is 2.66. The molecule has 0 aliphatic carbocycles. The van der Waals surface area contributed by atoms with Crippen LogP contribution in [0.1, 0.15) is 11.1 Å². The van der Waals surface area contributed by atoms with Gasteiger partial charge in [-0.1, -0.05) is 12.1 Å². The van der Waals surface area contributed by atoms with E-state index in [-0.39, 0.29) is 16.9 Å². The number of anilines is 1. The van der Waals surface area contributed by atoms with Crippen molar-refractivity contribution in [2.24, 2.45) is 0 Å². The zero-order chi connectivity index (χ0) is 21.9. The molecule has 0 aliphatic heterocycles. The molecule has 0 amide bonds. The average molecular weight is 423 g/mol. The molecule has 12 heteroatoms. The Morgan fingerprint density at radius 3 is 2.21 bits per heavy atom. The maximum Gasteiger partial charge on any atom is 0.326 e. The molecule has 154 valence electrons. The van der Waals surface area contributed by atoms with Gasteiger partial charge in [0.2, 0.25) is 0 Å². The SMILES string of the molecule is COC(=O)CN(c1cc([N+](=O)[O-])ccc1C)S(=O)(=O)c1ccc(C)c([N+](=O)[O-])c1. The van der Waals surface area contributed by atoms with Crippen LogP contribution >= 0.6 is 0 Å². The molecule has 0 aliphatic rings. The molecule has 2 rings (SSSR count). The molecule has 0 aromatic heterocycles. The van der Waals surface area contributed by atoms with E-state index in [2.05, 4.69) is 4.74 Å². The second-order valence-corrected chi connectivity index (χ2v) is 7.88. The van der Waals surface area contributed by atoms with Gasteiger partial charge in [-0.3, -0.25) is 29.3 Å². The van der Waals surface area contributed by atoms with Crippen molar-refractivity contribution >= 4 is 33.1 Å². The van der Waals surface area contributed by atoms with Crippen molar-refractivity contribution in [2.45, 2.75) is 18.7 Å². The minimum Gasteiger partial charge on any atom is -0.468 e. The number of carbonyl (C=O) groups excluding carboxylic acids is 1. The summed E-state index contributed by atoms with van der Waals surface area (Å²) in [5.41, 5.74) is -0.331. The van der Waals surface area contributed by atoms with Gasteiger partial charge in [-0.25, -0.2) is 8.42 Å². The lowest BCUT2D eigenvalue weighted by Gasteiger charge is -2.24. The van der Waals surface area contributed by atoms with Gasteiger partial charge >= 0.3 is 5.97 Å². The molecule has 0 bridgehead atoms. The molecule has 0 spiro atoms. The number of sulfonamides is 1. The van der Waals surface area contributed by atoms with Gasteiger partial charge in [0.25, 0.3) is 21.4 Å². The van der Waals surface area contributed by atoms with E-state index in [9.17, 15) is 33.4 Å². The summed E-state index contributed by atoms with van der Waals surface area (Å²) in [7, 11) is -3.43. The lowest BCUT2D eigenvalue weighted by atomic mass is 10.2. The summed E-state index contributed by atoms with van der Waals surface area (Å²) in [4.78, 5) is 32.3. The summed E-state index contributed by atoms with van der Waals surface area (Å²) in [6.45, 7) is 2.18. The van der Waals surface area contributed by atoms with Crippen LogP contribution in [0, 0.1) is 34.1 Å². The minimum absolute atomic E-state index is 0.118. The van der Waals surface area contributed by atoms with E-state index >= 15 is 0 Å². The number of esters is 1. The van der Waals surface area contributed by atoms with Gasteiger partial charge in [0.15, 0.2) is 0 Å². The Balaban J connectivity index is 2.72. The maximum absolute atomic E-state index is 13.2. The topological polar surface area (TPSA) is 150 Å². The molecule has 0 saturated heterocycles. The molecule has 0 fully saturated rings. The molecule has 0 saturated carbocycles. The number of hydrogen-bond acceptors (Lipinski definition) is 8. The molecule has 0 radical (unpaired) electrons. The molecule has 0 N–H and O–H groups in total. The maximum atomic E-state index is 13.2. The van der Waals surface area contributed by atoms with Crippen LogP contribution in [0.25, 0.3) is 0 Å². The molecule has 0 heterocycles. The highest BCUT2D eigenvalue weighted by Gasteiger charge is 2.31. The highest BCUT2D eigenvalue weighted by molar-refractivity contribution is 7.92. The van der Waals surface area contributed by atoms with Gasteiger partial charge in [0.05, 0.1) is 27.5 Å². The summed E-state index contributed by atoms with van der Waals surface area (Å²) in [6, 6.07) is 6.85. The van der Waals surface area contributed by atoms with Crippen molar-refractivity contribution in [2.75, 3.05) is 18.0 Å². The van der Waals surface area contributed by atoms with Gasteiger partial charge in [0, 0.05) is 23.8 Å². The number of nitro groups is 2. The smallest absolute Gasteiger partial charge is 0.326 e. The van der Waals surface area contributed by atoms with Crippen LogP contribution in [-0.2, 0) is 19.6 Å². The summed E-state index contributed by atoms with van der Waals surface area (Å²) in [6.07, 6.45) is 0. The molecule has 2 aromatic carbocycles. The zero-order valence-electron chi connectivity index (χ0n) is 15.7. The number of nitrogens with zero attached hydrogens (tertiary/aromatic N) is 3. The number of carbonyl (C=O) groups is 1. The summed E-state index contributed by atoms with van der Waals surface area (Å²) < 4.78 is 31.6. The Labute approximate surface area is 165 Å². The van der Waals surface area contributed by atoms with Crippen LogP contribution in [0.2, 0.25) is 0 Å². The first-order valence-electron chi connectivity index (χ1n) is 8.08. The molecular formula is C17H17N3O8S. The number of non-ortho nitro benzene ring substituents is 1. The molecule has 2 aromatic rings. The number of benzene rings is 2. The highest BCUT2D eigenvalue weighted by Crippen LogP contribution is 2.32. The molecule has 29 heavy (non-hydrogen) atoms. The van der Waals surface area contributed by atoms with Crippen LogP contribution in [-0.4, -0.2) is 37.9 Å². The van der Waals surface area contributed by atoms with Gasteiger partial charge < -0.3 is 4.74 Å². The van der Waals surface area contributed by atoms with E-state index in [4.69, 9.17) is 0 Å². The Hall–Kier alpha value is -3.54. The third-order valence-electron chi connectivity index (χ3n) is 4.14. The van der Waals surface area contributed by atoms with Crippen molar-refractivity contribution in [3.63, 3.8) is 0 Å². The Morgan fingerprint density at radius 1 is 1.03 bits per heavy atom. The summed E-state index contributed by atoms with van der Waals surface area (Å²) in [5.74, 6) is -0.916. The number of hydrogen-bond donors (Lipinski definition) is 0. The highest BCUT2D eigenvalue weighted by atomic mass is 32.2. The largest absolute Gasteiger partial charge is 0.468 e. The second kappa shape index (κ2) is 8.22. The second-order valence-electron chi connectivity index (χ2n) is 6.02. The molecule has 0 atom stereocenters. The number of methoxy groups -OCH3 is 1. The summed E-state index contributed by atoms with van der Waals surface area (Å²) in [5, 5.41) is 22.3. The fourth-order valence-electron chi connectivity index (χ4n) is 2.54. The Morgan fingerprint density at radius 2 is 1.66 bits per heavy atom. The van der Waals surface area contributed by atoms with Crippen LogP contribution in [0.4, 0.5) is 17.1 Å². The van der Waals surface area contributed by atoms with Crippen LogP contribution in [0.5, 0.6) is 0 Å². The summed E-state index contributed by atoms with van der Waals surface area (Å²) >= 11 is 0. The standard InChI is InChI=1S/C17H17N3O8S/c1-11-4-6-13(19(22)23)8-15(11)18(10-17(21)28-3)29(26,27)14-7-5-12(2)16(9-14)20(24)25/h4-9H,10H2,1-3H3. The van der Waals surface area contributed by atoms with Crippen molar-refractivity contribution in [1.29, 1.82) is 0 Å². The van der Waals surface area contributed by atoms with Crippen molar-refractivity contribution < 1.29 is 27.8 Å². The fraction of sp³-hybridized carbons (Fsp3) is 0.235. The lowest BCUT2D eigenvalue weighted by Crippen LogP contribution is -2.36. The monoisotopic (exact) mass is 423 g/mol. The Bertz CT molecular complexity index is 1100. The van der Waals surface area contributed by atoms with E-state index in [0.717, 1.165) is 25.3 Å². The van der Waals surface area contributed by atoms with Crippen molar-refractivity contribution in [3.8, 4) is 0 Å². The lowest BCUT2D eigenvalue weighted by molar-refractivity contribution is -0.385. The number of aryl methyl sites for hydroxylation is 2. The van der Waals surface area contributed by atoms with Crippen LogP contribution in [0.3, 0.4) is 0 Å². The predicted molar refractivity (Wildman–Crippen MR) is 102 cm³/mol. The molecule has 0 unspecified atom stereocenters. The number of rotatable bonds is 7. The zero-order valence-corrected chi connectivity index (χ0v) is 16.5. The van der Waals surface area contributed by atoms with Gasteiger partial charge in [-0.15, -0.1) is 0 Å². The van der Waals surface area contributed by atoms with E-state index in [1.165, 1.54) is 32.0 Å². The quantitative estimate of drug-likeness (QED) is 0.374. The van der Waals surface area contributed by atoms with Crippen molar-refractivity contribution in [3.05, 3.63) is 67.8 Å². The van der Waals surface area contributed by atoms with E-state index in [1.54, 1.807) is 0 Å². The van der Waals surface area contributed by atoms with Gasteiger partial charge in [-0.2, -0.15) is 0 Å². The third-order valence-corrected chi connectivity index (χ3v) is 5.89. The molecular weight excluding hydrogens is 406 g/mol. The third kappa shape index (κ3) is 4.48. The van der Waals surface area contributed by atoms with E-state index < -0.39 is 43.0 Å². The van der Waals surface area contributed by atoms with E-state index in [1.807, 2.05) is 0 Å². The number of ether oxygens (including phenoxy) is 1. The number of nitro benzene ring substituents is 2. The normalized spacial score (nSPS) is 11.0. The predicted octanol–water partition coefficient (Wildman–Crippen LogP) is 2.49. The first-order valence-corrected chi connectivity index (χ1v) is 9.52. The minimum atomic E-state index is -4.49. The van der Waals surface area contributed by atoms with Crippen LogP contribution in [0.15, 0.2) is 41.3 Å². The van der Waals surface area contributed by atoms with Crippen LogP contribution < -0.4 is 4.31 Å². The fourth-order valence-corrected chi connectivity index (χ4v) is 4.02. The van der Waals surface area contributed by atoms with Gasteiger partial charge in [0.1, 0.15) is 6.54 Å². The van der Waals surface area contributed by atoms with E-state index in [0.29, 0.717) is 9.87 Å². The molecule has 11 nitrogen and oxygen atoms in total. The first-order chi connectivity index (χ1) is 13.5. The van der Waals surface area contributed by atoms with Crippen molar-refractivity contribution in [1.82, 2.24) is 0 Å². The van der Waals surface area contributed by atoms with Gasteiger partial charge in [-0.05, 0) is 25.5 Å². The Kier molecular flexibility index (Phi) is 6.17. The first kappa shape index (κ1) is 21.8.